The van der Waals surface area contributed by atoms with Crippen molar-refractivity contribution in [3.63, 3.8) is 0 Å². The molecule has 0 bridgehead atoms. The number of rotatable bonds is 4. The Kier molecular flexibility index (Phi) is 4.42. The van der Waals surface area contributed by atoms with E-state index < -0.39 is 18.0 Å². The number of hydrogen-bond acceptors (Lipinski definition) is 5. The Morgan fingerprint density at radius 2 is 1.83 bits per heavy atom. The minimum atomic E-state index is -0.999. The molecule has 1 amide bonds. The van der Waals surface area contributed by atoms with Crippen molar-refractivity contribution in [3.8, 4) is 11.5 Å². The van der Waals surface area contributed by atoms with E-state index in [-0.39, 0.29) is 12.2 Å². The molecule has 2 N–H and O–H groups in total. The average molecular weight is 326 g/mol. The van der Waals surface area contributed by atoms with Crippen molar-refractivity contribution >= 4 is 18.1 Å². The average Bonchev–Trinajstić information content (AvgIpc) is 2.61. The molecule has 1 aliphatic heterocycles. The fourth-order valence-corrected chi connectivity index (χ4v) is 2.10. The molecule has 24 heavy (non-hydrogen) atoms. The molecule has 7 nitrogen and oxygen atoms in total. The Bertz CT molecular complexity index is 786. The molecule has 0 radical (unpaired) electrons. The first-order valence-corrected chi connectivity index (χ1v) is 7.18. The molecule has 3 rings (SSSR count). The van der Waals surface area contributed by atoms with Crippen LogP contribution in [0.25, 0.3) is 0 Å². The van der Waals surface area contributed by atoms with Crippen molar-refractivity contribution in [1.29, 1.82) is 0 Å². The van der Waals surface area contributed by atoms with E-state index in [2.05, 4.69) is 10.5 Å². The van der Waals surface area contributed by atoms with Crippen LogP contribution in [0.4, 0.5) is 0 Å². The molecule has 7 heteroatoms. The van der Waals surface area contributed by atoms with E-state index in [9.17, 15) is 9.59 Å². The maximum atomic E-state index is 12.0. The van der Waals surface area contributed by atoms with Gasteiger partial charge in [-0.2, -0.15) is 5.10 Å². The van der Waals surface area contributed by atoms with E-state index in [4.69, 9.17) is 14.6 Å². The van der Waals surface area contributed by atoms with Crippen LogP contribution in [0.2, 0.25) is 0 Å². The van der Waals surface area contributed by atoms with Crippen LogP contribution in [0, 0.1) is 0 Å². The standard InChI is InChI=1S/C17H14N2O5/c20-16(15-10-23-13-3-1-2-4-14(13)24-15)19-18-9-11-5-7-12(8-6-11)17(21)22/h1-9,15H,10H2,(H,19,20)(H,21,22)/b18-9+/t15-/m1/s1. The predicted molar refractivity (Wildman–Crippen MR) is 85.5 cm³/mol. The summed E-state index contributed by atoms with van der Waals surface area (Å²) in [4.78, 5) is 22.8. The number of nitrogens with zero attached hydrogens (tertiary/aromatic N) is 1. The molecule has 0 aliphatic carbocycles. The van der Waals surface area contributed by atoms with Crippen LogP contribution in [0.5, 0.6) is 11.5 Å². The highest BCUT2D eigenvalue weighted by atomic mass is 16.6. The summed E-state index contributed by atoms with van der Waals surface area (Å²) in [5.74, 6) is -0.315. The number of carboxylic acids is 1. The normalized spacial score (nSPS) is 15.9. The van der Waals surface area contributed by atoms with Gasteiger partial charge in [-0.05, 0) is 29.8 Å². The molecule has 122 valence electrons. The molecule has 2 aromatic carbocycles. The van der Waals surface area contributed by atoms with Crippen molar-refractivity contribution in [1.82, 2.24) is 5.43 Å². The van der Waals surface area contributed by atoms with Gasteiger partial charge in [-0.25, -0.2) is 10.2 Å². The van der Waals surface area contributed by atoms with Gasteiger partial charge in [0.1, 0.15) is 6.61 Å². The van der Waals surface area contributed by atoms with Gasteiger partial charge in [0.2, 0.25) is 6.10 Å². The maximum Gasteiger partial charge on any atom is 0.335 e. The van der Waals surface area contributed by atoms with Crippen molar-refractivity contribution in [2.45, 2.75) is 6.10 Å². The molecule has 0 saturated carbocycles. The number of carbonyl (C=O) groups excluding carboxylic acids is 1. The largest absolute Gasteiger partial charge is 0.485 e. The highest BCUT2D eigenvalue weighted by Gasteiger charge is 2.26. The molecule has 1 atom stereocenters. The number of aromatic carboxylic acids is 1. The zero-order chi connectivity index (χ0) is 16.9. The summed E-state index contributed by atoms with van der Waals surface area (Å²) in [7, 11) is 0. The lowest BCUT2D eigenvalue weighted by Gasteiger charge is -2.24. The second-order valence-electron chi connectivity index (χ2n) is 5.03. The highest BCUT2D eigenvalue weighted by Crippen LogP contribution is 2.30. The summed E-state index contributed by atoms with van der Waals surface area (Å²) in [6.45, 7) is 0.103. The molecule has 0 unspecified atom stereocenters. The number of para-hydroxylation sites is 2. The van der Waals surface area contributed by atoms with Gasteiger partial charge in [-0.15, -0.1) is 0 Å². The van der Waals surface area contributed by atoms with Gasteiger partial charge in [-0.3, -0.25) is 4.79 Å². The van der Waals surface area contributed by atoms with Gasteiger partial charge < -0.3 is 14.6 Å². The third-order valence-electron chi connectivity index (χ3n) is 3.35. The van der Waals surface area contributed by atoms with Crippen LogP contribution in [-0.4, -0.2) is 35.9 Å². The molecule has 2 aromatic rings. The number of fused-ring (bicyclic) bond motifs is 1. The minimum Gasteiger partial charge on any atom is -0.485 e. The van der Waals surface area contributed by atoms with E-state index in [1.165, 1.54) is 18.3 Å². The first-order valence-electron chi connectivity index (χ1n) is 7.18. The summed E-state index contributed by atoms with van der Waals surface area (Å²) in [5, 5.41) is 12.7. The van der Waals surface area contributed by atoms with Crippen LogP contribution < -0.4 is 14.9 Å². The van der Waals surface area contributed by atoms with Crippen molar-refractivity contribution in [3.05, 3.63) is 59.7 Å². The molecular weight excluding hydrogens is 312 g/mol. The van der Waals surface area contributed by atoms with Crippen molar-refractivity contribution < 1.29 is 24.2 Å². The van der Waals surface area contributed by atoms with Gasteiger partial charge in [0, 0.05) is 0 Å². The molecular formula is C17H14N2O5. The fraction of sp³-hybridized carbons (Fsp3) is 0.118. The Hall–Kier alpha value is -3.35. The molecule has 1 heterocycles. The number of nitrogens with one attached hydrogen (secondary N) is 1. The molecule has 0 saturated heterocycles. The number of hydrogen-bond donors (Lipinski definition) is 2. The number of carboxylic acid groups (broad SMARTS) is 1. The SMILES string of the molecule is O=C(O)c1ccc(/C=N/NC(=O)[C@H]2COc3ccccc3O2)cc1. The number of hydrazone groups is 1. The van der Waals surface area contributed by atoms with Gasteiger partial charge in [0.05, 0.1) is 11.8 Å². The zero-order valence-electron chi connectivity index (χ0n) is 12.5. The lowest BCUT2D eigenvalue weighted by Crippen LogP contribution is -2.42. The zero-order valence-corrected chi connectivity index (χ0v) is 12.5. The van der Waals surface area contributed by atoms with E-state index in [0.29, 0.717) is 17.1 Å². The van der Waals surface area contributed by atoms with Crippen LogP contribution >= 0.6 is 0 Å². The first kappa shape index (κ1) is 15.5. The quantitative estimate of drug-likeness (QED) is 0.658. The summed E-state index contributed by atoms with van der Waals surface area (Å²) in [6.07, 6.45) is 0.632. The third-order valence-corrected chi connectivity index (χ3v) is 3.35. The minimum absolute atomic E-state index is 0.103. The number of carbonyl (C=O) groups is 2. The van der Waals surface area contributed by atoms with Crippen LogP contribution in [-0.2, 0) is 4.79 Å². The monoisotopic (exact) mass is 326 g/mol. The third kappa shape index (κ3) is 3.52. The van der Waals surface area contributed by atoms with E-state index in [1.54, 1.807) is 30.3 Å². The van der Waals surface area contributed by atoms with Gasteiger partial charge in [0.25, 0.3) is 5.91 Å². The molecule has 0 aromatic heterocycles. The van der Waals surface area contributed by atoms with Gasteiger partial charge in [0.15, 0.2) is 11.5 Å². The lowest BCUT2D eigenvalue weighted by molar-refractivity contribution is -0.130. The Labute approximate surface area is 137 Å². The lowest BCUT2D eigenvalue weighted by atomic mass is 10.1. The summed E-state index contributed by atoms with van der Waals surface area (Å²) < 4.78 is 11.0. The molecule has 1 aliphatic rings. The van der Waals surface area contributed by atoms with E-state index in [1.807, 2.05) is 6.07 Å². The second kappa shape index (κ2) is 6.82. The first-order chi connectivity index (χ1) is 11.6. The van der Waals surface area contributed by atoms with Crippen molar-refractivity contribution in [2.75, 3.05) is 6.61 Å². The Morgan fingerprint density at radius 1 is 1.12 bits per heavy atom. The summed E-state index contributed by atoms with van der Waals surface area (Å²) in [6, 6.07) is 13.2. The summed E-state index contributed by atoms with van der Waals surface area (Å²) >= 11 is 0. The maximum absolute atomic E-state index is 12.0. The van der Waals surface area contributed by atoms with E-state index in [0.717, 1.165) is 0 Å². The van der Waals surface area contributed by atoms with Crippen LogP contribution in [0.15, 0.2) is 53.6 Å². The Morgan fingerprint density at radius 3 is 2.54 bits per heavy atom. The topological polar surface area (TPSA) is 97.2 Å². The smallest absolute Gasteiger partial charge is 0.335 e. The Balaban J connectivity index is 1.57. The highest BCUT2D eigenvalue weighted by molar-refractivity contribution is 5.89. The predicted octanol–water partition coefficient (Wildman–Crippen LogP) is 1.67. The van der Waals surface area contributed by atoms with Crippen LogP contribution in [0.3, 0.4) is 0 Å². The van der Waals surface area contributed by atoms with Crippen molar-refractivity contribution in [2.24, 2.45) is 5.10 Å². The van der Waals surface area contributed by atoms with E-state index >= 15 is 0 Å². The van der Waals surface area contributed by atoms with Gasteiger partial charge >= 0.3 is 5.97 Å². The fourth-order valence-electron chi connectivity index (χ4n) is 2.10. The second-order valence-corrected chi connectivity index (χ2v) is 5.03. The van der Waals surface area contributed by atoms with Gasteiger partial charge in [-0.1, -0.05) is 24.3 Å². The number of amides is 1. The molecule has 0 fully saturated rings. The number of benzene rings is 2. The molecule has 0 spiro atoms. The number of ether oxygens (including phenoxy) is 2. The summed E-state index contributed by atoms with van der Waals surface area (Å²) in [5.41, 5.74) is 3.22. The van der Waals surface area contributed by atoms with Crippen LogP contribution in [0.1, 0.15) is 15.9 Å².